The van der Waals surface area contributed by atoms with E-state index in [4.69, 9.17) is 0 Å². The van der Waals surface area contributed by atoms with E-state index in [1.54, 1.807) is 0 Å². The summed E-state index contributed by atoms with van der Waals surface area (Å²) in [4.78, 5) is 4.16. The van der Waals surface area contributed by atoms with Gasteiger partial charge in [-0.3, -0.25) is 4.98 Å². The van der Waals surface area contributed by atoms with E-state index >= 15 is 0 Å². The Morgan fingerprint density at radius 3 is 2.70 bits per heavy atom. The summed E-state index contributed by atoms with van der Waals surface area (Å²) in [6, 6.07) is 2.83. The maximum atomic E-state index is 4.16. The first-order valence-corrected chi connectivity index (χ1v) is 8.09. The lowest BCUT2D eigenvalue weighted by atomic mass is 9.76. The summed E-state index contributed by atoms with van der Waals surface area (Å²) in [7, 11) is 0. The second-order valence-corrected chi connectivity index (χ2v) is 7.45. The lowest BCUT2D eigenvalue weighted by molar-refractivity contribution is 0.213. The van der Waals surface area contributed by atoms with E-state index in [2.05, 4.69) is 44.1 Å². The molecule has 2 unspecified atom stereocenters. The molecular formula is C18H30N2. The second kappa shape index (κ2) is 6.71. The highest BCUT2D eigenvalue weighted by molar-refractivity contribution is 5.21. The van der Waals surface area contributed by atoms with Crippen molar-refractivity contribution in [2.75, 3.05) is 0 Å². The van der Waals surface area contributed by atoms with Gasteiger partial charge in [0.15, 0.2) is 0 Å². The lowest BCUT2D eigenvalue weighted by Crippen LogP contribution is -2.28. The van der Waals surface area contributed by atoms with E-state index in [-0.39, 0.29) is 0 Å². The van der Waals surface area contributed by atoms with Crippen LogP contribution in [0.3, 0.4) is 0 Å². The molecule has 1 aromatic rings. The van der Waals surface area contributed by atoms with Crippen molar-refractivity contribution < 1.29 is 0 Å². The molecule has 1 aliphatic carbocycles. The molecule has 2 atom stereocenters. The van der Waals surface area contributed by atoms with Crippen LogP contribution in [0.5, 0.6) is 0 Å². The summed E-state index contributed by atoms with van der Waals surface area (Å²) in [6.07, 6.45) is 10.6. The van der Waals surface area contributed by atoms with Gasteiger partial charge in [-0.1, -0.05) is 27.2 Å². The maximum Gasteiger partial charge on any atom is 0.0300 e. The zero-order chi connectivity index (χ0) is 14.6. The molecule has 1 saturated carbocycles. The molecular weight excluding hydrogens is 244 g/mol. The largest absolute Gasteiger partial charge is 0.310 e. The first-order chi connectivity index (χ1) is 9.47. The van der Waals surface area contributed by atoms with Gasteiger partial charge in [-0.2, -0.15) is 0 Å². The van der Waals surface area contributed by atoms with Gasteiger partial charge in [0.1, 0.15) is 0 Å². The normalized spacial score (nSPS) is 24.4. The predicted molar refractivity (Wildman–Crippen MR) is 85.6 cm³/mol. The van der Waals surface area contributed by atoms with Crippen molar-refractivity contribution in [2.24, 2.45) is 11.3 Å². The van der Waals surface area contributed by atoms with E-state index < -0.39 is 0 Å². The summed E-state index contributed by atoms with van der Waals surface area (Å²) < 4.78 is 0. The molecule has 0 spiro atoms. The molecule has 0 bridgehead atoms. The van der Waals surface area contributed by atoms with Gasteiger partial charge in [0, 0.05) is 25.0 Å². The number of hydrogen-bond donors (Lipinski definition) is 1. The lowest BCUT2D eigenvalue weighted by Gasteiger charge is -2.29. The molecule has 0 radical (unpaired) electrons. The van der Waals surface area contributed by atoms with Crippen LogP contribution in [0.2, 0.25) is 0 Å². The van der Waals surface area contributed by atoms with Crippen molar-refractivity contribution in [3.63, 3.8) is 0 Å². The molecule has 112 valence electrons. The zero-order valence-electron chi connectivity index (χ0n) is 13.6. The molecule has 1 heterocycles. The van der Waals surface area contributed by atoms with Crippen LogP contribution in [0.25, 0.3) is 0 Å². The second-order valence-electron chi connectivity index (χ2n) is 7.45. The van der Waals surface area contributed by atoms with Gasteiger partial charge >= 0.3 is 0 Å². The molecule has 1 aromatic heterocycles. The van der Waals surface area contributed by atoms with Gasteiger partial charge in [-0.15, -0.1) is 0 Å². The molecule has 1 N–H and O–H groups in total. The topological polar surface area (TPSA) is 24.9 Å². The Bertz CT molecular complexity index is 420. The van der Waals surface area contributed by atoms with Crippen molar-refractivity contribution in [3.8, 4) is 0 Å². The maximum absolute atomic E-state index is 4.16. The van der Waals surface area contributed by atoms with E-state index in [1.165, 1.54) is 43.2 Å². The third kappa shape index (κ3) is 4.31. The minimum Gasteiger partial charge on any atom is -0.310 e. The number of nitrogens with zero attached hydrogens (tertiary/aromatic N) is 1. The summed E-state index contributed by atoms with van der Waals surface area (Å²) >= 11 is 0. The minimum absolute atomic E-state index is 0.469. The third-order valence-corrected chi connectivity index (χ3v) is 4.91. The van der Waals surface area contributed by atoms with Gasteiger partial charge in [0.05, 0.1) is 0 Å². The van der Waals surface area contributed by atoms with Crippen molar-refractivity contribution in [1.82, 2.24) is 10.3 Å². The molecule has 1 aliphatic rings. The zero-order valence-corrected chi connectivity index (χ0v) is 13.6. The van der Waals surface area contributed by atoms with Crippen LogP contribution in [0.15, 0.2) is 18.5 Å². The van der Waals surface area contributed by atoms with E-state index in [0.29, 0.717) is 11.5 Å². The Labute approximate surface area is 124 Å². The van der Waals surface area contributed by atoms with Crippen LogP contribution in [-0.4, -0.2) is 11.0 Å². The molecule has 0 aliphatic heterocycles. The van der Waals surface area contributed by atoms with Crippen LogP contribution in [0.1, 0.15) is 64.0 Å². The highest BCUT2D eigenvalue weighted by Crippen LogP contribution is 2.36. The number of aromatic nitrogens is 1. The van der Waals surface area contributed by atoms with Crippen LogP contribution >= 0.6 is 0 Å². The van der Waals surface area contributed by atoms with Gasteiger partial charge in [-0.05, 0) is 61.1 Å². The number of pyridine rings is 1. The average Bonchev–Trinajstić information content (AvgIpc) is 2.63. The van der Waals surface area contributed by atoms with Gasteiger partial charge in [0.2, 0.25) is 0 Å². The van der Waals surface area contributed by atoms with Gasteiger partial charge in [-0.25, -0.2) is 0 Å². The van der Waals surface area contributed by atoms with Crippen LogP contribution in [0, 0.1) is 18.3 Å². The molecule has 0 amide bonds. The molecule has 0 aromatic carbocycles. The highest BCUT2D eigenvalue weighted by atomic mass is 14.9. The quantitative estimate of drug-likeness (QED) is 0.822. The molecule has 2 rings (SSSR count). The summed E-state index contributed by atoms with van der Waals surface area (Å²) in [5, 5.41) is 3.76. The molecule has 20 heavy (non-hydrogen) atoms. The minimum atomic E-state index is 0.469. The smallest absolute Gasteiger partial charge is 0.0300 e. The number of aryl methyl sites for hydroxylation is 1. The van der Waals surface area contributed by atoms with Crippen molar-refractivity contribution in [1.29, 1.82) is 0 Å². The van der Waals surface area contributed by atoms with E-state index in [0.717, 1.165) is 12.5 Å². The van der Waals surface area contributed by atoms with Gasteiger partial charge < -0.3 is 5.32 Å². The molecule has 1 fully saturated rings. The number of nitrogens with one attached hydrogen (secondary N) is 1. The van der Waals surface area contributed by atoms with E-state index in [1.807, 2.05) is 12.4 Å². The summed E-state index contributed by atoms with van der Waals surface area (Å²) in [6.45, 7) is 10.3. The Morgan fingerprint density at radius 1 is 1.20 bits per heavy atom. The summed E-state index contributed by atoms with van der Waals surface area (Å²) in [5.74, 6) is 0.886. The third-order valence-electron chi connectivity index (χ3n) is 4.91. The highest BCUT2D eigenvalue weighted by Gasteiger charge is 2.27. The van der Waals surface area contributed by atoms with Gasteiger partial charge in [0.25, 0.3) is 0 Å². The standard InChI is InChI=1S/C18H30N2/c1-14-12-19-11-10-15(14)13-20-17-7-5-6-16(8-9-17)18(2,3)4/h10-12,16-17,20H,5-9,13H2,1-4H3. The van der Waals surface area contributed by atoms with Crippen LogP contribution in [0.4, 0.5) is 0 Å². The Kier molecular flexibility index (Phi) is 5.20. The molecule has 2 heteroatoms. The fraction of sp³-hybridized carbons (Fsp3) is 0.722. The monoisotopic (exact) mass is 274 g/mol. The predicted octanol–water partition coefficient (Wildman–Crippen LogP) is 4.47. The Morgan fingerprint density at radius 2 is 2.00 bits per heavy atom. The number of hydrogen-bond acceptors (Lipinski definition) is 2. The van der Waals surface area contributed by atoms with Crippen molar-refractivity contribution in [2.45, 2.75) is 72.4 Å². The first-order valence-electron chi connectivity index (χ1n) is 8.09. The SMILES string of the molecule is Cc1cnccc1CNC1CCCC(C(C)(C)C)CC1. The van der Waals surface area contributed by atoms with Crippen LogP contribution in [-0.2, 0) is 6.54 Å². The van der Waals surface area contributed by atoms with Crippen molar-refractivity contribution >= 4 is 0 Å². The van der Waals surface area contributed by atoms with E-state index in [9.17, 15) is 0 Å². The fourth-order valence-electron chi connectivity index (χ4n) is 3.33. The summed E-state index contributed by atoms with van der Waals surface area (Å²) in [5.41, 5.74) is 3.15. The fourth-order valence-corrected chi connectivity index (χ4v) is 3.33. The molecule has 0 saturated heterocycles. The number of rotatable bonds is 3. The Balaban J connectivity index is 1.84. The average molecular weight is 274 g/mol. The molecule has 2 nitrogen and oxygen atoms in total. The Hall–Kier alpha value is -0.890. The van der Waals surface area contributed by atoms with Crippen molar-refractivity contribution in [3.05, 3.63) is 29.6 Å². The van der Waals surface area contributed by atoms with Crippen LogP contribution < -0.4 is 5.32 Å². The first kappa shape index (κ1) is 15.5.